The molecule has 1 aromatic heterocycles. The van der Waals surface area contributed by atoms with Crippen molar-refractivity contribution in [2.75, 3.05) is 34.8 Å². The van der Waals surface area contributed by atoms with Gasteiger partial charge in [-0.3, -0.25) is 0 Å². The number of alkyl halides is 3. The van der Waals surface area contributed by atoms with Gasteiger partial charge in [0.15, 0.2) is 5.82 Å². The molecule has 2 saturated heterocycles. The van der Waals surface area contributed by atoms with Gasteiger partial charge in [0.2, 0.25) is 0 Å². The zero-order chi connectivity index (χ0) is 15.3. The van der Waals surface area contributed by atoms with Gasteiger partial charge in [0.25, 0.3) is 0 Å². The van der Waals surface area contributed by atoms with E-state index in [0.29, 0.717) is 24.8 Å². The zero-order valence-electron chi connectivity index (χ0n) is 12.2. The van der Waals surface area contributed by atoms with Crippen LogP contribution in [-0.4, -0.2) is 42.9 Å². The summed E-state index contributed by atoms with van der Waals surface area (Å²) in [6, 6.07) is 2.61. The van der Waals surface area contributed by atoms with Crippen LogP contribution in [0.3, 0.4) is 0 Å². The summed E-state index contributed by atoms with van der Waals surface area (Å²) in [5.41, 5.74) is 1.02. The van der Waals surface area contributed by atoms with E-state index in [2.05, 4.69) is 15.2 Å². The molecule has 0 radical (unpaired) electrons. The normalized spacial score (nSPS) is 27.6. The van der Waals surface area contributed by atoms with E-state index >= 15 is 0 Å². The zero-order valence-corrected chi connectivity index (χ0v) is 12.2. The van der Waals surface area contributed by atoms with Crippen molar-refractivity contribution in [2.45, 2.75) is 43.9 Å². The monoisotopic (exact) mass is 312 g/mol. The standard InChI is InChI=1S/C15H19F3N4/c16-15(17,18)12-4-2-8-22(12)13-6-5-11-14(20-13)19-10-3-1-7-21(11)9-10/h5-6,10,12H,1-4,7-9H2,(H,19,20)/t10?,12-/m1/s1. The van der Waals surface area contributed by atoms with Gasteiger partial charge >= 0.3 is 6.18 Å². The number of piperidine rings is 1. The lowest BCUT2D eigenvalue weighted by Crippen LogP contribution is -2.47. The summed E-state index contributed by atoms with van der Waals surface area (Å²) in [6.07, 6.45) is -1.24. The first-order valence-corrected chi connectivity index (χ1v) is 7.88. The third kappa shape index (κ3) is 2.27. The number of rotatable bonds is 1. The van der Waals surface area contributed by atoms with Crippen LogP contribution in [0.2, 0.25) is 0 Å². The molecule has 0 aliphatic carbocycles. The molecule has 2 atom stereocenters. The third-order valence-corrected chi connectivity index (χ3v) is 4.89. The van der Waals surface area contributed by atoms with Crippen molar-refractivity contribution < 1.29 is 13.2 Å². The lowest BCUT2D eigenvalue weighted by atomic mass is 10.0. The topological polar surface area (TPSA) is 31.4 Å². The van der Waals surface area contributed by atoms with Crippen LogP contribution in [0.1, 0.15) is 25.7 Å². The van der Waals surface area contributed by atoms with E-state index in [0.717, 1.165) is 37.4 Å². The smallest absolute Gasteiger partial charge is 0.366 e. The minimum absolute atomic E-state index is 0.157. The van der Waals surface area contributed by atoms with E-state index < -0.39 is 12.2 Å². The van der Waals surface area contributed by atoms with Gasteiger partial charge in [-0.25, -0.2) is 4.98 Å². The summed E-state index contributed by atoms with van der Waals surface area (Å²) < 4.78 is 39.4. The number of pyridine rings is 1. The van der Waals surface area contributed by atoms with Crippen molar-refractivity contribution in [2.24, 2.45) is 0 Å². The molecule has 1 aromatic rings. The predicted molar refractivity (Wildman–Crippen MR) is 79.5 cm³/mol. The number of hydrogen-bond acceptors (Lipinski definition) is 4. The highest BCUT2D eigenvalue weighted by Crippen LogP contribution is 2.39. The molecule has 120 valence electrons. The molecule has 7 heteroatoms. The van der Waals surface area contributed by atoms with Gasteiger partial charge in [0, 0.05) is 25.7 Å². The second-order valence-electron chi connectivity index (χ2n) is 6.36. The SMILES string of the molecule is FC(F)(F)[C@H]1CCCN1c1ccc2c(n1)NC1CCCN2C1. The van der Waals surface area contributed by atoms with E-state index in [-0.39, 0.29) is 6.42 Å². The minimum atomic E-state index is -4.19. The van der Waals surface area contributed by atoms with Crippen LogP contribution in [0.4, 0.5) is 30.5 Å². The molecule has 4 heterocycles. The van der Waals surface area contributed by atoms with Crippen molar-refractivity contribution >= 4 is 17.3 Å². The third-order valence-electron chi connectivity index (χ3n) is 4.89. The van der Waals surface area contributed by atoms with Gasteiger partial charge in [-0.15, -0.1) is 0 Å². The van der Waals surface area contributed by atoms with E-state index in [1.165, 1.54) is 4.90 Å². The minimum Gasteiger partial charge on any atom is -0.366 e. The maximum atomic E-state index is 13.1. The Bertz CT molecular complexity index is 574. The first-order chi connectivity index (χ1) is 10.5. The summed E-state index contributed by atoms with van der Waals surface area (Å²) >= 11 is 0. The molecule has 3 aliphatic rings. The second-order valence-corrected chi connectivity index (χ2v) is 6.36. The lowest BCUT2D eigenvalue weighted by Gasteiger charge is -2.41. The van der Waals surface area contributed by atoms with Gasteiger partial charge in [-0.1, -0.05) is 0 Å². The highest BCUT2D eigenvalue weighted by Gasteiger charge is 2.46. The first-order valence-electron chi connectivity index (χ1n) is 7.88. The Kier molecular flexibility index (Phi) is 3.13. The van der Waals surface area contributed by atoms with Crippen LogP contribution < -0.4 is 15.1 Å². The van der Waals surface area contributed by atoms with Crippen LogP contribution in [0.5, 0.6) is 0 Å². The van der Waals surface area contributed by atoms with Crippen LogP contribution in [0, 0.1) is 0 Å². The van der Waals surface area contributed by atoms with Crippen molar-refractivity contribution in [1.82, 2.24) is 4.98 Å². The van der Waals surface area contributed by atoms with Crippen molar-refractivity contribution in [3.63, 3.8) is 0 Å². The largest absolute Gasteiger partial charge is 0.408 e. The van der Waals surface area contributed by atoms with Gasteiger partial charge in [-0.2, -0.15) is 13.2 Å². The number of anilines is 3. The molecular formula is C15H19F3N4. The molecule has 4 rings (SSSR count). The molecule has 22 heavy (non-hydrogen) atoms. The molecule has 0 spiro atoms. The van der Waals surface area contributed by atoms with Crippen LogP contribution in [0.25, 0.3) is 0 Å². The number of fused-ring (bicyclic) bond motifs is 4. The molecule has 1 unspecified atom stereocenters. The Labute approximate surface area is 127 Å². The van der Waals surface area contributed by atoms with Crippen molar-refractivity contribution in [1.29, 1.82) is 0 Å². The van der Waals surface area contributed by atoms with E-state index in [4.69, 9.17) is 0 Å². The number of hydrogen-bond donors (Lipinski definition) is 1. The fourth-order valence-electron chi connectivity index (χ4n) is 3.85. The first kappa shape index (κ1) is 14.0. The summed E-state index contributed by atoms with van der Waals surface area (Å²) in [5, 5.41) is 3.39. The maximum Gasteiger partial charge on any atom is 0.408 e. The van der Waals surface area contributed by atoms with Gasteiger partial charge in [0.1, 0.15) is 11.9 Å². The van der Waals surface area contributed by atoms with E-state index in [1.807, 2.05) is 6.07 Å². The maximum absolute atomic E-state index is 13.1. The molecule has 0 saturated carbocycles. The van der Waals surface area contributed by atoms with E-state index in [1.54, 1.807) is 6.07 Å². The van der Waals surface area contributed by atoms with Crippen LogP contribution >= 0.6 is 0 Å². The fourth-order valence-corrected chi connectivity index (χ4v) is 3.85. The van der Waals surface area contributed by atoms with Crippen molar-refractivity contribution in [3.05, 3.63) is 12.1 Å². The second kappa shape index (κ2) is 4.93. The molecule has 0 aromatic carbocycles. The average Bonchev–Trinajstić information content (AvgIpc) is 2.96. The molecule has 0 amide bonds. The Balaban J connectivity index is 1.65. The molecule has 4 nitrogen and oxygen atoms in total. The molecular weight excluding hydrogens is 293 g/mol. The quantitative estimate of drug-likeness (QED) is 0.864. The Morgan fingerprint density at radius 2 is 1.95 bits per heavy atom. The number of nitrogens with zero attached hydrogens (tertiary/aromatic N) is 3. The number of halogens is 3. The molecule has 1 N–H and O–H groups in total. The summed E-state index contributed by atoms with van der Waals surface area (Å²) in [4.78, 5) is 8.20. The summed E-state index contributed by atoms with van der Waals surface area (Å²) in [6.45, 7) is 2.38. The van der Waals surface area contributed by atoms with Crippen molar-refractivity contribution in [3.8, 4) is 0 Å². The van der Waals surface area contributed by atoms with Gasteiger partial charge in [0.05, 0.1) is 5.69 Å². The lowest BCUT2D eigenvalue weighted by molar-refractivity contribution is -0.146. The molecule has 2 fully saturated rings. The number of nitrogens with one attached hydrogen (secondary N) is 1. The average molecular weight is 312 g/mol. The van der Waals surface area contributed by atoms with Gasteiger partial charge < -0.3 is 15.1 Å². The number of aromatic nitrogens is 1. The summed E-state index contributed by atoms with van der Waals surface area (Å²) in [7, 11) is 0. The molecule has 3 aliphatic heterocycles. The van der Waals surface area contributed by atoms with Crippen LogP contribution in [0.15, 0.2) is 12.1 Å². The Morgan fingerprint density at radius 1 is 1.14 bits per heavy atom. The highest BCUT2D eigenvalue weighted by molar-refractivity contribution is 5.72. The Morgan fingerprint density at radius 3 is 2.77 bits per heavy atom. The predicted octanol–water partition coefficient (Wildman–Crippen LogP) is 3.01. The molecule has 2 bridgehead atoms. The van der Waals surface area contributed by atoms with E-state index in [9.17, 15) is 13.2 Å². The Hall–Kier alpha value is -1.66. The fraction of sp³-hybridized carbons (Fsp3) is 0.667. The van der Waals surface area contributed by atoms with Crippen LogP contribution in [-0.2, 0) is 0 Å². The summed E-state index contributed by atoms with van der Waals surface area (Å²) in [5.74, 6) is 1.17. The van der Waals surface area contributed by atoms with Gasteiger partial charge in [-0.05, 0) is 37.8 Å². The highest BCUT2D eigenvalue weighted by atomic mass is 19.4.